The molecule has 1 saturated heterocycles. The SMILES string of the molecule is O=C(O)NCC1CNCC12CC2. The Kier molecular flexibility index (Phi) is 1.72. The lowest BCUT2D eigenvalue weighted by Crippen LogP contribution is -2.32. The van der Waals surface area contributed by atoms with E-state index in [9.17, 15) is 4.79 Å². The van der Waals surface area contributed by atoms with Crippen LogP contribution in [0.3, 0.4) is 0 Å². The van der Waals surface area contributed by atoms with Crippen LogP contribution >= 0.6 is 0 Å². The molecule has 0 aromatic rings. The van der Waals surface area contributed by atoms with E-state index in [1.54, 1.807) is 0 Å². The Morgan fingerprint density at radius 1 is 1.67 bits per heavy atom. The predicted molar refractivity (Wildman–Crippen MR) is 44.1 cm³/mol. The number of rotatable bonds is 2. The molecule has 1 amide bonds. The molecule has 1 spiro atoms. The fourth-order valence-corrected chi connectivity index (χ4v) is 2.10. The molecule has 2 rings (SSSR count). The van der Waals surface area contributed by atoms with Crippen molar-refractivity contribution in [3.63, 3.8) is 0 Å². The third-order valence-electron chi connectivity index (χ3n) is 3.13. The van der Waals surface area contributed by atoms with Crippen LogP contribution < -0.4 is 10.6 Å². The predicted octanol–water partition coefficient (Wildman–Crippen LogP) is 0.254. The summed E-state index contributed by atoms with van der Waals surface area (Å²) in [6.07, 6.45) is 1.63. The average Bonchev–Trinajstić information content (AvgIpc) is 2.62. The van der Waals surface area contributed by atoms with Crippen molar-refractivity contribution in [2.45, 2.75) is 12.8 Å². The fraction of sp³-hybridized carbons (Fsp3) is 0.875. The molecule has 12 heavy (non-hydrogen) atoms. The van der Waals surface area contributed by atoms with Gasteiger partial charge in [0.1, 0.15) is 0 Å². The van der Waals surface area contributed by atoms with Crippen LogP contribution in [0, 0.1) is 11.3 Å². The molecule has 1 aliphatic heterocycles. The first-order valence-electron chi connectivity index (χ1n) is 4.40. The lowest BCUT2D eigenvalue weighted by molar-refractivity contribution is 0.191. The summed E-state index contributed by atoms with van der Waals surface area (Å²) in [4.78, 5) is 10.3. The van der Waals surface area contributed by atoms with Gasteiger partial charge in [-0.1, -0.05) is 0 Å². The van der Waals surface area contributed by atoms with Crippen LogP contribution in [0.4, 0.5) is 4.79 Å². The molecule has 3 N–H and O–H groups in total. The summed E-state index contributed by atoms with van der Waals surface area (Å²) in [5, 5.41) is 14.2. The molecule has 1 saturated carbocycles. The smallest absolute Gasteiger partial charge is 0.404 e. The molecule has 1 aliphatic carbocycles. The van der Waals surface area contributed by atoms with E-state index in [2.05, 4.69) is 10.6 Å². The first-order valence-corrected chi connectivity index (χ1v) is 4.40. The maximum Gasteiger partial charge on any atom is 0.404 e. The molecule has 4 heteroatoms. The van der Waals surface area contributed by atoms with Crippen LogP contribution in [0.2, 0.25) is 0 Å². The summed E-state index contributed by atoms with van der Waals surface area (Å²) in [6, 6.07) is 0. The van der Waals surface area contributed by atoms with E-state index in [0.29, 0.717) is 17.9 Å². The van der Waals surface area contributed by atoms with Crippen molar-refractivity contribution in [2.75, 3.05) is 19.6 Å². The van der Waals surface area contributed by atoms with E-state index < -0.39 is 6.09 Å². The van der Waals surface area contributed by atoms with Gasteiger partial charge in [-0.05, 0) is 24.2 Å². The normalized spacial score (nSPS) is 30.5. The fourth-order valence-electron chi connectivity index (χ4n) is 2.10. The second-order valence-electron chi connectivity index (χ2n) is 3.88. The van der Waals surface area contributed by atoms with Crippen molar-refractivity contribution in [2.24, 2.45) is 11.3 Å². The molecule has 0 radical (unpaired) electrons. The quantitative estimate of drug-likeness (QED) is 0.557. The number of hydrogen-bond acceptors (Lipinski definition) is 2. The standard InChI is InChI=1S/C8H14N2O2/c11-7(12)10-4-6-3-9-5-8(6)1-2-8/h6,9-10H,1-5H2,(H,11,12). The van der Waals surface area contributed by atoms with Crippen molar-refractivity contribution in [3.05, 3.63) is 0 Å². The second kappa shape index (κ2) is 2.62. The highest BCUT2D eigenvalue weighted by atomic mass is 16.4. The highest BCUT2D eigenvalue weighted by Gasteiger charge is 2.51. The number of amides is 1. The Morgan fingerprint density at radius 2 is 2.42 bits per heavy atom. The summed E-state index contributed by atoms with van der Waals surface area (Å²) < 4.78 is 0. The zero-order valence-corrected chi connectivity index (χ0v) is 6.97. The van der Waals surface area contributed by atoms with E-state index in [4.69, 9.17) is 5.11 Å². The van der Waals surface area contributed by atoms with E-state index in [1.165, 1.54) is 12.8 Å². The molecule has 0 aromatic carbocycles. The monoisotopic (exact) mass is 170 g/mol. The molecule has 1 atom stereocenters. The summed E-state index contributed by atoms with van der Waals surface area (Å²) in [5.74, 6) is 0.522. The maximum atomic E-state index is 10.3. The Balaban J connectivity index is 1.83. The highest BCUT2D eigenvalue weighted by Crippen LogP contribution is 2.53. The molecule has 68 valence electrons. The minimum absolute atomic E-state index is 0.461. The molecule has 2 aliphatic rings. The number of nitrogens with one attached hydrogen (secondary N) is 2. The van der Waals surface area contributed by atoms with Gasteiger partial charge in [-0.2, -0.15) is 0 Å². The zero-order valence-electron chi connectivity index (χ0n) is 6.97. The molecular weight excluding hydrogens is 156 g/mol. The van der Waals surface area contributed by atoms with Crippen molar-refractivity contribution in [1.82, 2.24) is 10.6 Å². The molecule has 1 heterocycles. The van der Waals surface area contributed by atoms with Gasteiger partial charge >= 0.3 is 6.09 Å². The molecule has 1 unspecified atom stereocenters. The van der Waals surface area contributed by atoms with Gasteiger partial charge in [0, 0.05) is 19.6 Å². The van der Waals surface area contributed by atoms with E-state index in [-0.39, 0.29) is 0 Å². The van der Waals surface area contributed by atoms with Crippen LogP contribution in [0.1, 0.15) is 12.8 Å². The molecule has 4 nitrogen and oxygen atoms in total. The molecular formula is C8H14N2O2. The van der Waals surface area contributed by atoms with E-state index in [0.717, 1.165) is 13.1 Å². The lowest BCUT2D eigenvalue weighted by Gasteiger charge is -2.15. The summed E-state index contributed by atoms with van der Waals surface area (Å²) in [6.45, 7) is 2.67. The van der Waals surface area contributed by atoms with E-state index >= 15 is 0 Å². The van der Waals surface area contributed by atoms with E-state index in [1.807, 2.05) is 0 Å². The van der Waals surface area contributed by atoms with Crippen molar-refractivity contribution >= 4 is 6.09 Å². The molecule has 0 aromatic heterocycles. The van der Waals surface area contributed by atoms with Crippen molar-refractivity contribution < 1.29 is 9.90 Å². The van der Waals surface area contributed by atoms with Gasteiger partial charge in [0.2, 0.25) is 0 Å². The average molecular weight is 170 g/mol. The van der Waals surface area contributed by atoms with Crippen LogP contribution in [0.15, 0.2) is 0 Å². The first kappa shape index (κ1) is 7.86. The minimum atomic E-state index is -0.905. The largest absolute Gasteiger partial charge is 0.465 e. The zero-order chi connectivity index (χ0) is 8.60. The van der Waals surface area contributed by atoms with Crippen LogP contribution in [-0.2, 0) is 0 Å². The molecule has 0 bridgehead atoms. The van der Waals surface area contributed by atoms with Gasteiger partial charge in [-0.25, -0.2) is 4.79 Å². The number of carbonyl (C=O) groups is 1. The summed E-state index contributed by atoms with van der Waals surface area (Å²) in [5.41, 5.74) is 0.461. The Bertz CT molecular complexity index is 201. The van der Waals surface area contributed by atoms with Gasteiger partial charge in [0.15, 0.2) is 0 Å². The van der Waals surface area contributed by atoms with Gasteiger partial charge < -0.3 is 15.7 Å². The Morgan fingerprint density at radius 3 is 3.00 bits per heavy atom. The highest BCUT2D eigenvalue weighted by molar-refractivity contribution is 5.64. The number of carboxylic acid groups (broad SMARTS) is 1. The second-order valence-corrected chi connectivity index (χ2v) is 3.88. The topological polar surface area (TPSA) is 61.4 Å². The lowest BCUT2D eigenvalue weighted by atomic mass is 9.93. The van der Waals surface area contributed by atoms with Gasteiger partial charge in [-0.15, -0.1) is 0 Å². The number of hydrogen-bond donors (Lipinski definition) is 3. The maximum absolute atomic E-state index is 10.3. The van der Waals surface area contributed by atoms with Crippen molar-refractivity contribution in [3.8, 4) is 0 Å². The Labute approximate surface area is 71.3 Å². The van der Waals surface area contributed by atoms with Crippen LogP contribution in [-0.4, -0.2) is 30.8 Å². The summed E-state index contributed by atoms with van der Waals surface area (Å²) >= 11 is 0. The Hall–Kier alpha value is -0.770. The van der Waals surface area contributed by atoms with Crippen LogP contribution in [0.25, 0.3) is 0 Å². The van der Waals surface area contributed by atoms with Crippen molar-refractivity contribution in [1.29, 1.82) is 0 Å². The van der Waals surface area contributed by atoms with Gasteiger partial charge in [-0.3, -0.25) is 0 Å². The third kappa shape index (κ3) is 1.27. The minimum Gasteiger partial charge on any atom is -0.465 e. The van der Waals surface area contributed by atoms with Crippen LogP contribution in [0.5, 0.6) is 0 Å². The third-order valence-corrected chi connectivity index (χ3v) is 3.13. The van der Waals surface area contributed by atoms with Gasteiger partial charge in [0.25, 0.3) is 0 Å². The van der Waals surface area contributed by atoms with Gasteiger partial charge in [0.05, 0.1) is 0 Å². The first-order chi connectivity index (χ1) is 5.73. The molecule has 2 fully saturated rings. The summed E-state index contributed by atoms with van der Waals surface area (Å²) in [7, 11) is 0.